The molecule has 0 atom stereocenters. The Morgan fingerprint density at radius 2 is 2.05 bits per heavy atom. The van der Waals surface area contributed by atoms with Crippen molar-refractivity contribution >= 4 is 46.2 Å². The van der Waals surface area contributed by atoms with Crippen LogP contribution in [0, 0.1) is 13.8 Å². The molecule has 22 heavy (non-hydrogen) atoms. The lowest BCUT2D eigenvalue weighted by Crippen LogP contribution is -2.30. The van der Waals surface area contributed by atoms with Gasteiger partial charge in [0.05, 0.1) is 16.4 Å². The molecule has 4 nitrogen and oxygen atoms in total. The van der Waals surface area contributed by atoms with Crippen LogP contribution in [-0.4, -0.2) is 21.4 Å². The van der Waals surface area contributed by atoms with Gasteiger partial charge in [0.15, 0.2) is 5.11 Å². The molecule has 0 saturated carbocycles. The summed E-state index contributed by atoms with van der Waals surface area (Å²) in [5.41, 5.74) is 2.91. The number of benzene rings is 1. The first-order chi connectivity index (χ1) is 10.5. The van der Waals surface area contributed by atoms with E-state index >= 15 is 0 Å². The lowest BCUT2D eigenvalue weighted by atomic mass is 10.3. The van der Waals surface area contributed by atoms with Crippen molar-refractivity contribution < 1.29 is 0 Å². The van der Waals surface area contributed by atoms with E-state index in [0.717, 1.165) is 25.2 Å². The summed E-state index contributed by atoms with van der Waals surface area (Å²) in [5, 5.41) is 12.3. The van der Waals surface area contributed by atoms with E-state index in [4.69, 9.17) is 35.4 Å². The first-order valence-corrected chi connectivity index (χ1v) is 8.13. The highest BCUT2D eigenvalue weighted by molar-refractivity contribution is 7.80. The zero-order valence-electron chi connectivity index (χ0n) is 12.5. The second kappa shape index (κ2) is 7.81. The molecule has 0 aliphatic heterocycles. The van der Waals surface area contributed by atoms with Gasteiger partial charge in [-0.05, 0) is 56.8 Å². The minimum absolute atomic E-state index is 0.525. The molecule has 0 bridgehead atoms. The summed E-state index contributed by atoms with van der Waals surface area (Å²) >= 11 is 17.3. The van der Waals surface area contributed by atoms with Crippen LogP contribution < -0.4 is 10.6 Å². The Balaban J connectivity index is 1.76. The molecule has 2 rings (SSSR count). The molecule has 1 aromatic carbocycles. The Hall–Kier alpha value is -1.30. The van der Waals surface area contributed by atoms with Crippen LogP contribution in [0.25, 0.3) is 0 Å². The van der Waals surface area contributed by atoms with Crippen molar-refractivity contribution in [2.45, 2.75) is 26.8 Å². The number of thiocarbonyl (C=S) groups is 1. The Morgan fingerprint density at radius 3 is 2.73 bits per heavy atom. The van der Waals surface area contributed by atoms with Crippen LogP contribution in [0.3, 0.4) is 0 Å². The first kappa shape index (κ1) is 17.1. The van der Waals surface area contributed by atoms with Crippen molar-refractivity contribution in [2.24, 2.45) is 0 Å². The van der Waals surface area contributed by atoms with E-state index in [1.165, 1.54) is 5.69 Å². The number of hydrogen-bond acceptors (Lipinski definition) is 2. The quantitative estimate of drug-likeness (QED) is 0.622. The topological polar surface area (TPSA) is 41.9 Å². The van der Waals surface area contributed by atoms with Gasteiger partial charge in [-0.25, -0.2) is 0 Å². The Morgan fingerprint density at radius 1 is 1.27 bits per heavy atom. The van der Waals surface area contributed by atoms with Gasteiger partial charge < -0.3 is 10.6 Å². The third-order valence-electron chi connectivity index (χ3n) is 3.11. The molecule has 0 spiro atoms. The molecule has 7 heteroatoms. The van der Waals surface area contributed by atoms with E-state index < -0.39 is 0 Å². The highest BCUT2D eigenvalue weighted by Crippen LogP contribution is 2.25. The Labute approximate surface area is 145 Å². The van der Waals surface area contributed by atoms with E-state index in [0.29, 0.717) is 20.8 Å². The van der Waals surface area contributed by atoms with Gasteiger partial charge in [-0.2, -0.15) is 5.10 Å². The van der Waals surface area contributed by atoms with Crippen LogP contribution in [0.5, 0.6) is 0 Å². The molecule has 0 saturated heterocycles. The van der Waals surface area contributed by atoms with Gasteiger partial charge in [-0.3, -0.25) is 4.68 Å². The van der Waals surface area contributed by atoms with Crippen LogP contribution in [0.15, 0.2) is 24.3 Å². The van der Waals surface area contributed by atoms with Crippen molar-refractivity contribution in [3.63, 3.8) is 0 Å². The number of hydrogen-bond donors (Lipinski definition) is 2. The van der Waals surface area contributed by atoms with E-state index in [2.05, 4.69) is 28.7 Å². The normalized spacial score (nSPS) is 10.5. The fourth-order valence-electron chi connectivity index (χ4n) is 2.09. The maximum atomic E-state index is 6.08. The molecule has 0 aliphatic carbocycles. The Bertz CT molecular complexity index is 670. The minimum atomic E-state index is 0.525. The highest BCUT2D eigenvalue weighted by Gasteiger charge is 2.04. The molecule has 0 fully saturated rings. The standard InChI is InChI=1S/C15H18Cl2N4S/c1-10-8-11(2)21(20-10)7-3-6-18-15(22)19-14-9-12(16)4-5-13(14)17/h4-5,8-9H,3,6-7H2,1-2H3,(H2,18,19,22). The first-order valence-electron chi connectivity index (χ1n) is 6.96. The van der Waals surface area contributed by atoms with Gasteiger partial charge in [0.25, 0.3) is 0 Å². The van der Waals surface area contributed by atoms with Gasteiger partial charge in [0, 0.05) is 23.8 Å². The number of aryl methyl sites for hydroxylation is 3. The average Bonchev–Trinajstić information content (AvgIpc) is 2.77. The van der Waals surface area contributed by atoms with Crippen LogP contribution in [0.4, 0.5) is 5.69 Å². The van der Waals surface area contributed by atoms with E-state index in [1.807, 2.05) is 11.6 Å². The molecule has 0 aliphatic rings. The molecular weight excluding hydrogens is 339 g/mol. The number of nitrogens with zero attached hydrogens (tertiary/aromatic N) is 2. The van der Waals surface area contributed by atoms with Crippen molar-refractivity contribution in [2.75, 3.05) is 11.9 Å². The number of aromatic nitrogens is 2. The van der Waals surface area contributed by atoms with Crippen LogP contribution >= 0.6 is 35.4 Å². The highest BCUT2D eigenvalue weighted by atomic mass is 35.5. The molecule has 0 amide bonds. The molecular formula is C15H18Cl2N4S. The van der Waals surface area contributed by atoms with Crippen molar-refractivity contribution in [1.82, 2.24) is 15.1 Å². The number of rotatable bonds is 5. The van der Waals surface area contributed by atoms with Gasteiger partial charge in [-0.15, -0.1) is 0 Å². The average molecular weight is 357 g/mol. The SMILES string of the molecule is Cc1cc(C)n(CCCNC(=S)Nc2cc(Cl)ccc2Cl)n1. The van der Waals surface area contributed by atoms with E-state index in [1.54, 1.807) is 18.2 Å². The lowest BCUT2D eigenvalue weighted by molar-refractivity contribution is 0.558. The van der Waals surface area contributed by atoms with E-state index in [9.17, 15) is 0 Å². The van der Waals surface area contributed by atoms with Gasteiger partial charge in [0.2, 0.25) is 0 Å². The number of anilines is 1. The number of nitrogens with one attached hydrogen (secondary N) is 2. The molecule has 118 valence electrons. The third kappa shape index (κ3) is 4.87. The van der Waals surface area contributed by atoms with Crippen molar-refractivity contribution in [3.05, 3.63) is 45.7 Å². The van der Waals surface area contributed by atoms with Crippen LogP contribution in [-0.2, 0) is 6.54 Å². The fraction of sp³-hybridized carbons (Fsp3) is 0.333. The predicted molar refractivity (Wildman–Crippen MR) is 97.0 cm³/mol. The monoisotopic (exact) mass is 356 g/mol. The lowest BCUT2D eigenvalue weighted by Gasteiger charge is -2.12. The van der Waals surface area contributed by atoms with Crippen LogP contribution in [0.1, 0.15) is 17.8 Å². The van der Waals surface area contributed by atoms with E-state index in [-0.39, 0.29) is 0 Å². The maximum Gasteiger partial charge on any atom is 0.170 e. The van der Waals surface area contributed by atoms with Crippen molar-refractivity contribution in [1.29, 1.82) is 0 Å². The molecule has 0 radical (unpaired) electrons. The predicted octanol–water partition coefficient (Wildman–Crippen LogP) is 4.18. The van der Waals surface area contributed by atoms with Crippen LogP contribution in [0.2, 0.25) is 10.0 Å². The second-order valence-electron chi connectivity index (χ2n) is 5.01. The minimum Gasteiger partial charge on any atom is -0.362 e. The van der Waals surface area contributed by atoms with Crippen molar-refractivity contribution in [3.8, 4) is 0 Å². The summed E-state index contributed by atoms with van der Waals surface area (Å²) in [4.78, 5) is 0. The summed E-state index contributed by atoms with van der Waals surface area (Å²) in [6.45, 7) is 5.66. The Kier molecular flexibility index (Phi) is 6.06. The van der Waals surface area contributed by atoms with Gasteiger partial charge in [-0.1, -0.05) is 23.2 Å². The molecule has 1 heterocycles. The largest absolute Gasteiger partial charge is 0.362 e. The zero-order chi connectivity index (χ0) is 16.1. The molecule has 2 N–H and O–H groups in total. The maximum absolute atomic E-state index is 6.08. The smallest absolute Gasteiger partial charge is 0.170 e. The fourth-order valence-corrected chi connectivity index (χ4v) is 2.64. The summed E-state index contributed by atoms with van der Waals surface area (Å²) in [6.07, 6.45) is 0.924. The van der Waals surface area contributed by atoms with Gasteiger partial charge in [0.1, 0.15) is 0 Å². The summed E-state index contributed by atoms with van der Waals surface area (Å²) in [6, 6.07) is 7.28. The summed E-state index contributed by atoms with van der Waals surface area (Å²) < 4.78 is 2.00. The molecule has 1 aromatic heterocycles. The zero-order valence-corrected chi connectivity index (χ0v) is 14.8. The molecule has 2 aromatic rings. The van der Waals surface area contributed by atoms with Gasteiger partial charge >= 0.3 is 0 Å². The second-order valence-corrected chi connectivity index (χ2v) is 6.26. The summed E-state index contributed by atoms with van der Waals surface area (Å²) in [5.74, 6) is 0. The third-order valence-corrected chi connectivity index (χ3v) is 3.92. The number of halogens is 2. The molecule has 0 unspecified atom stereocenters. The summed E-state index contributed by atoms with van der Waals surface area (Å²) in [7, 11) is 0.